The molecule has 0 aliphatic rings. The highest BCUT2D eigenvalue weighted by molar-refractivity contribution is 7.99. The number of rotatable bonds is 9. The minimum Gasteiger partial charge on any atom is -0.490 e. The van der Waals surface area contributed by atoms with Crippen molar-refractivity contribution in [1.82, 2.24) is 5.32 Å². The summed E-state index contributed by atoms with van der Waals surface area (Å²) in [5.41, 5.74) is 1.72. The van der Waals surface area contributed by atoms with Crippen LogP contribution >= 0.6 is 11.8 Å². The Labute approximate surface area is 158 Å². The van der Waals surface area contributed by atoms with E-state index in [1.165, 1.54) is 10.5 Å². The van der Waals surface area contributed by atoms with Crippen molar-refractivity contribution >= 4 is 17.7 Å². The first-order valence-corrected chi connectivity index (χ1v) is 9.37. The van der Waals surface area contributed by atoms with Crippen LogP contribution in [0.25, 0.3) is 0 Å². The third-order valence-corrected chi connectivity index (χ3v) is 4.46. The van der Waals surface area contributed by atoms with E-state index in [0.29, 0.717) is 30.2 Å². The largest absolute Gasteiger partial charge is 0.490 e. The molecule has 0 aliphatic carbocycles. The van der Waals surface area contributed by atoms with Gasteiger partial charge in [-0.3, -0.25) is 4.79 Å². The van der Waals surface area contributed by atoms with Crippen LogP contribution in [0.3, 0.4) is 0 Å². The molecule has 0 fully saturated rings. The lowest BCUT2D eigenvalue weighted by Crippen LogP contribution is -2.30. The van der Waals surface area contributed by atoms with Gasteiger partial charge in [-0.05, 0) is 38.1 Å². The molecule has 5 nitrogen and oxygen atoms in total. The van der Waals surface area contributed by atoms with Gasteiger partial charge in [0.1, 0.15) is 0 Å². The van der Waals surface area contributed by atoms with E-state index in [0.717, 1.165) is 5.75 Å². The fraction of sp³-hybridized carbons (Fsp3) is 0.300. The van der Waals surface area contributed by atoms with E-state index in [-0.39, 0.29) is 12.5 Å². The lowest BCUT2D eigenvalue weighted by Gasteiger charge is -2.12. The fourth-order valence-electron chi connectivity index (χ4n) is 2.15. The Morgan fingerprint density at radius 1 is 1.15 bits per heavy atom. The van der Waals surface area contributed by atoms with Crippen LogP contribution in [0, 0.1) is 18.3 Å². The molecule has 2 rings (SSSR count). The Morgan fingerprint density at radius 3 is 2.62 bits per heavy atom. The molecule has 0 bridgehead atoms. The number of nitrogens with zero attached hydrogens (tertiary/aromatic N) is 1. The van der Waals surface area contributed by atoms with Crippen molar-refractivity contribution < 1.29 is 14.3 Å². The van der Waals surface area contributed by atoms with E-state index in [1.807, 2.05) is 6.92 Å². The average molecular weight is 370 g/mol. The van der Waals surface area contributed by atoms with Crippen LogP contribution in [0.5, 0.6) is 11.5 Å². The zero-order valence-corrected chi connectivity index (χ0v) is 15.8. The Kier molecular flexibility index (Phi) is 7.84. The van der Waals surface area contributed by atoms with Gasteiger partial charge in [-0.25, -0.2) is 0 Å². The lowest BCUT2D eigenvalue weighted by molar-refractivity contribution is -0.122. The fourth-order valence-corrected chi connectivity index (χ4v) is 2.92. The molecule has 0 aliphatic heterocycles. The Balaban J connectivity index is 1.74. The number of carbonyl (C=O) groups excluding carboxylic acids is 1. The van der Waals surface area contributed by atoms with Crippen LogP contribution in [0.1, 0.15) is 18.1 Å². The molecule has 0 saturated heterocycles. The molecule has 0 atom stereocenters. The molecule has 0 aromatic heterocycles. The highest BCUT2D eigenvalue weighted by atomic mass is 32.2. The number of benzene rings is 2. The van der Waals surface area contributed by atoms with Gasteiger partial charge in [-0.15, -0.1) is 11.8 Å². The summed E-state index contributed by atoms with van der Waals surface area (Å²) in [5.74, 6) is 1.51. The Hall–Kier alpha value is -2.65. The van der Waals surface area contributed by atoms with Gasteiger partial charge in [0.25, 0.3) is 5.91 Å². The third kappa shape index (κ3) is 6.34. The smallest absolute Gasteiger partial charge is 0.257 e. The van der Waals surface area contributed by atoms with Gasteiger partial charge in [0.05, 0.1) is 18.2 Å². The average Bonchev–Trinajstić information content (AvgIpc) is 2.65. The molecule has 2 aromatic rings. The molecule has 0 saturated carbocycles. The van der Waals surface area contributed by atoms with Crippen LogP contribution in [-0.2, 0) is 4.79 Å². The number of amides is 1. The first-order valence-electron chi connectivity index (χ1n) is 8.38. The number of carbonyl (C=O) groups is 1. The molecule has 2 aromatic carbocycles. The number of nitriles is 1. The summed E-state index contributed by atoms with van der Waals surface area (Å²) in [5, 5.41) is 11.8. The Bertz CT molecular complexity index is 770. The quantitative estimate of drug-likeness (QED) is 0.540. The topological polar surface area (TPSA) is 71.3 Å². The van der Waals surface area contributed by atoms with Crippen molar-refractivity contribution in [2.75, 3.05) is 25.5 Å². The Morgan fingerprint density at radius 2 is 1.92 bits per heavy atom. The molecular formula is C20H22N2O3S. The number of thioether (sulfide) groups is 1. The summed E-state index contributed by atoms with van der Waals surface area (Å²) in [6, 6.07) is 15.2. The molecule has 26 heavy (non-hydrogen) atoms. The predicted octanol–water partition coefficient (Wildman–Crippen LogP) is 3.55. The second-order valence-corrected chi connectivity index (χ2v) is 6.67. The molecule has 6 heteroatoms. The number of aryl methyl sites for hydroxylation is 1. The standard InChI is InChI=1S/C20H22N2O3S/c1-3-24-19-12-16(13-21)6-9-18(19)25-14-20(23)22-10-11-26-17-7-4-15(2)5-8-17/h4-9,12H,3,10-11,14H2,1-2H3,(H,22,23). The maximum atomic E-state index is 11.9. The zero-order valence-electron chi connectivity index (χ0n) is 15.0. The van der Waals surface area contributed by atoms with E-state index in [4.69, 9.17) is 14.7 Å². The van der Waals surface area contributed by atoms with Gasteiger partial charge in [-0.2, -0.15) is 5.26 Å². The van der Waals surface area contributed by atoms with Gasteiger partial charge < -0.3 is 14.8 Å². The van der Waals surface area contributed by atoms with Gasteiger partial charge in [-0.1, -0.05) is 17.7 Å². The normalized spacial score (nSPS) is 10.0. The number of hydrogen-bond acceptors (Lipinski definition) is 5. The highest BCUT2D eigenvalue weighted by Crippen LogP contribution is 2.28. The van der Waals surface area contributed by atoms with Crippen LogP contribution in [0.2, 0.25) is 0 Å². The van der Waals surface area contributed by atoms with E-state index < -0.39 is 0 Å². The monoisotopic (exact) mass is 370 g/mol. The van der Waals surface area contributed by atoms with Gasteiger partial charge in [0.15, 0.2) is 18.1 Å². The zero-order chi connectivity index (χ0) is 18.8. The van der Waals surface area contributed by atoms with Crippen molar-refractivity contribution in [2.24, 2.45) is 0 Å². The van der Waals surface area contributed by atoms with E-state index in [9.17, 15) is 4.79 Å². The van der Waals surface area contributed by atoms with Crippen LogP contribution in [0.15, 0.2) is 47.4 Å². The summed E-state index contributed by atoms with van der Waals surface area (Å²) in [6.07, 6.45) is 0. The molecule has 0 unspecified atom stereocenters. The summed E-state index contributed by atoms with van der Waals surface area (Å²) in [4.78, 5) is 13.1. The highest BCUT2D eigenvalue weighted by Gasteiger charge is 2.09. The number of nitrogens with one attached hydrogen (secondary N) is 1. The van der Waals surface area contributed by atoms with E-state index in [2.05, 4.69) is 42.6 Å². The molecule has 136 valence electrons. The molecule has 1 amide bonds. The maximum Gasteiger partial charge on any atom is 0.257 e. The molecule has 0 spiro atoms. The van der Waals surface area contributed by atoms with Gasteiger partial charge >= 0.3 is 0 Å². The summed E-state index contributed by atoms with van der Waals surface area (Å²) < 4.78 is 11.0. The first-order chi connectivity index (χ1) is 12.6. The number of ether oxygens (including phenoxy) is 2. The lowest BCUT2D eigenvalue weighted by atomic mass is 10.2. The minimum absolute atomic E-state index is 0.0961. The van der Waals surface area contributed by atoms with E-state index >= 15 is 0 Å². The van der Waals surface area contributed by atoms with E-state index in [1.54, 1.807) is 30.0 Å². The van der Waals surface area contributed by atoms with Crippen LogP contribution < -0.4 is 14.8 Å². The summed E-state index contributed by atoms with van der Waals surface area (Å²) >= 11 is 1.69. The van der Waals surface area contributed by atoms with Crippen LogP contribution in [0.4, 0.5) is 0 Å². The predicted molar refractivity (Wildman–Crippen MR) is 103 cm³/mol. The van der Waals surface area contributed by atoms with Gasteiger partial charge in [0.2, 0.25) is 0 Å². The van der Waals surface area contributed by atoms with Gasteiger partial charge in [0, 0.05) is 23.3 Å². The second-order valence-electron chi connectivity index (χ2n) is 5.51. The van der Waals surface area contributed by atoms with Crippen molar-refractivity contribution in [3.05, 3.63) is 53.6 Å². The van der Waals surface area contributed by atoms with Crippen molar-refractivity contribution in [1.29, 1.82) is 5.26 Å². The second kappa shape index (κ2) is 10.4. The maximum absolute atomic E-state index is 11.9. The molecular weight excluding hydrogens is 348 g/mol. The summed E-state index contributed by atoms with van der Waals surface area (Å²) in [6.45, 7) is 4.82. The van der Waals surface area contributed by atoms with Crippen molar-refractivity contribution in [3.63, 3.8) is 0 Å². The molecule has 1 N–H and O–H groups in total. The minimum atomic E-state index is -0.193. The number of hydrogen-bond donors (Lipinski definition) is 1. The van der Waals surface area contributed by atoms with Crippen LogP contribution in [-0.4, -0.2) is 31.4 Å². The van der Waals surface area contributed by atoms with Crippen molar-refractivity contribution in [3.8, 4) is 17.6 Å². The summed E-state index contributed by atoms with van der Waals surface area (Å²) in [7, 11) is 0. The SMILES string of the molecule is CCOc1cc(C#N)ccc1OCC(=O)NCCSc1ccc(C)cc1. The first kappa shape index (κ1) is 19.7. The molecule has 0 heterocycles. The third-order valence-electron chi connectivity index (χ3n) is 3.45. The molecule has 0 radical (unpaired) electrons. The van der Waals surface area contributed by atoms with Crippen molar-refractivity contribution in [2.45, 2.75) is 18.7 Å².